The number of piperidine rings is 1. The lowest BCUT2D eigenvalue weighted by Gasteiger charge is -2.43. The lowest BCUT2D eigenvalue weighted by molar-refractivity contribution is -0.152. The molecule has 4 aliphatic rings. The molecule has 0 spiro atoms. The smallest absolute Gasteiger partial charge is 0.306 e. The summed E-state index contributed by atoms with van der Waals surface area (Å²) >= 11 is 1.55. The van der Waals surface area contributed by atoms with E-state index in [2.05, 4.69) is 47.0 Å². The first-order valence-electron chi connectivity index (χ1n) is 29.7. The average molecular weight is 1270 g/mol. The van der Waals surface area contributed by atoms with Crippen molar-refractivity contribution in [2.45, 2.75) is 110 Å². The fraction of sp³-hybridized carbons (Fsp3) is 0.460. The Balaban J connectivity index is 0.774. The Morgan fingerprint density at radius 2 is 1.60 bits per heavy atom. The minimum atomic E-state index is -4.39. The topological polar surface area (TPSA) is 259 Å². The Morgan fingerprint density at radius 1 is 0.899 bits per heavy atom. The van der Waals surface area contributed by atoms with Gasteiger partial charge in [0, 0.05) is 104 Å². The van der Waals surface area contributed by atoms with Crippen LogP contribution in [0.2, 0.25) is 0 Å². The number of rotatable bonds is 22. The number of hydrogen-bond donors (Lipinski definition) is 5. The number of aromatic nitrogens is 2. The summed E-state index contributed by atoms with van der Waals surface area (Å²) in [7, 11) is -4.39. The average Bonchev–Trinajstić information content (AvgIpc) is 2.26. The third-order valence-corrected chi connectivity index (χ3v) is 19.4. The van der Waals surface area contributed by atoms with Crippen LogP contribution in [0.25, 0.3) is 27.1 Å². The molecule has 21 nitrogen and oxygen atoms in total. The number of likely N-dealkylation sites (tertiary alicyclic amines) is 2. The Kier molecular flexibility index (Phi) is 20.7. The van der Waals surface area contributed by atoms with Crippen LogP contribution in [0.5, 0.6) is 0 Å². The number of carboxylic acids is 1. The van der Waals surface area contributed by atoms with E-state index in [1.807, 2.05) is 94.1 Å². The number of aromatic amines is 1. The number of carbonyl (C=O) groups is 6. The number of aliphatic imine (C=N–C) groups is 1. The number of piperazine rings is 1. The number of amides is 3. The maximum Gasteiger partial charge on any atom is 0.306 e. The van der Waals surface area contributed by atoms with Gasteiger partial charge in [0.05, 0.1) is 48.9 Å². The van der Waals surface area contributed by atoms with Gasteiger partial charge in [-0.05, 0) is 98.5 Å². The number of fused-ring (bicyclic) bond motifs is 1. The van der Waals surface area contributed by atoms with Crippen molar-refractivity contribution in [2.24, 2.45) is 10.4 Å². The highest BCUT2D eigenvalue weighted by Crippen LogP contribution is 2.35. The molecule has 3 aromatic carbocycles. The molecule has 5 N–H and O–H groups in total. The van der Waals surface area contributed by atoms with E-state index in [4.69, 9.17) is 9.84 Å². The van der Waals surface area contributed by atoms with Crippen molar-refractivity contribution in [2.75, 3.05) is 81.3 Å². The lowest BCUT2D eigenvalue weighted by atomic mass is 9.85. The molecule has 476 valence electrons. The van der Waals surface area contributed by atoms with Crippen LogP contribution in [0.15, 0.2) is 89.8 Å². The summed E-state index contributed by atoms with van der Waals surface area (Å²) < 4.78 is 79.2. The standard InChI is InChI=1S/C63H76F3N11O10S2/c1-37(39-8-10-41(11-9-39)58(88-7)38(2)67-6)70-61(83)51-31-46(87-54(81)19-18-53(79)80)35-77(51)62(84)59(63(3,4)5)71-52(78)36-73-23-21-45(22-24-73)75-28-26-74(27-29-75)44-14-12-40(13-15-44)42-30-47-48(33-69-60(47)68-32-42)57(82)55-49(65)16-17-50(56(55)66)72-89(85,86)76-25-20-43(64)34-76/h8-17,30,32-33,37,43,45-46,51,59,72H,6,18-29,31,34-36H2,1-5,7H3,(H,68,69)(H,70,83)(H,71,78)(H,79,80)/b58-38-/t37-,43+,46+,51-,59+/m0/s1. The SMILES string of the molecule is C=N/C(C)=C(\SC)c1ccc([C@H](C)NC(=O)[C@@H]2C[C@@H](OC(=O)CCC(=O)O)CN2C(=O)[C@@H](NC(=O)CN2CCC(N3CCN(c4ccc(-c5cnc6[nH]cc(C(=O)c7c(F)ccc(NS(=O)(=O)N8CC[C@@H](F)C8)c7F)c6c5)cc4)CC3)CC2)C(C)(C)C)cc1. The van der Waals surface area contributed by atoms with Crippen molar-refractivity contribution in [3.63, 3.8) is 0 Å². The number of aliphatic carboxylic acids is 1. The van der Waals surface area contributed by atoms with Crippen LogP contribution in [0.3, 0.4) is 0 Å². The first kappa shape index (κ1) is 65.8. The van der Waals surface area contributed by atoms with Crippen molar-refractivity contribution < 1.29 is 60.2 Å². The summed E-state index contributed by atoms with van der Waals surface area (Å²) in [6, 6.07) is 16.6. The molecule has 4 saturated heterocycles. The van der Waals surface area contributed by atoms with Crippen molar-refractivity contribution >= 4 is 91.4 Å². The number of allylic oxidation sites excluding steroid dienone is 1. The molecular weight excluding hydrogens is 1190 g/mol. The third-order valence-electron chi connectivity index (χ3n) is 17.0. The van der Waals surface area contributed by atoms with Gasteiger partial charge in [0.2, 0.25) is 23.5 Å². The molecule has 9 rings (SSSR count). The molecule has 4 aliphatic heterocycles. The van der Waals surface area contributed by atoms with Gasteiger partial charge in [0.1, 0.15) is 35.8 Å². The van der Waals surface area contributed by atoms with E-state index in [0.717, 1.165) is 88.4 Å². The monoisotopic (exact) mass is 1270 g/mol. The van der Waals surface area contributed by atoms with Gasteiger partial charge < -0.3 is 35.3 Å². The molecule has 89 heavy (non-hydrogen) atoms. The van der Waals surface area contributed by atoms with Gasteiger partial charge in [-0.15, -0.1) is 11.8 Å². The molecule has 0 saturated carbocycles. The Bertz CT molecular complexity index is 3620. The van der Waals surface area contributed by atoms with Crippen molar-refractivity contribution in [1.82, 2.24) is 39.6 Å². The highest BCUT2D eigenvalue weighted by atomic mass is 32.2. The lowest BCUT2D eigenvalue weighted by Crippen LogP contribution is -2.59. The quantitative estimate of drug-likeness (QED) is 0.0254. The van der Waals surface area contributed by atoms with Crippen molar-refractivity contribution in [3.05, 3.63) is 119 Å². The minimum Gasteiger partial charge on any atom is -0.481 e. The first-order chi connectivity index (χ1) is 42.3. The molecule has 4 fully saturated rings. The number of pyridine rings is 1. The molecular formula is C63H76F3N11O10S2. The summed E-state index contributed by atoms with van der Waals surface area (Å²) in [5.41, 5.74) is 2.76. The second kappa shape index (κ2) is 28.0. The zero-order valence-electron chi connectivity index (χ0n) is 50.7. The van der Waals surface area contributed by atoms with Gasteiger partial charge in [0.15, 0.2) is 5.82 Å². The van der Waals surface area contributed by atoms with Crippen LogP contribution in [0.1, 0.15) is 106 Å². The number of hydrogen-bond acceptors (Lipinski definition) is 15. The fourth-order valence-corrected chi connectivity index (χ4v) is 14.0. The van der Waals surface area contributed by atoms with E-state index in [0.29, 0.717) is 35.7 Å². The zero-order valence-corrected chi connectivity index (χ0v) is 52.3. The highest BCUT2D eigenvalue weighted by molar-refractivity contribution is 8.07. The predicted molar refractivity (Wildman–Crippen MR) is 335 cm³/mol. The zero-order chi connectivity index (χ0) is 64.1. The number of carboxylic acid groups (broad SMARTS) is 1. The number of thioether (sulfide) groups is 1. The van der Waals surface area contributed by atoms with Gasteiger partial charge in [0.25, 0.3) is 0 Å². The summed E-state index contributed by atoms with van der Waals surface area (Å²) in [5.74, 6) is -6.89. The number of ether oxygens (including phenoxy) is 1. The number of benzene rings is 3. The van der Waals surface area contributed by atoms with Crippen LogP contribution in [-0.4, -0.2) is 187 Å². The van der Waals surface area contributed by atoms with Gasteiger partial charge in [-0.3, -0.25) is 48.3 Å². The number of H-pyrrole nitrogens is 1. The second-order valence-electron chi connectivity index (χ2n) is 24.1. The van der Waals surface area contributed by atoms with Gasteiger partial charge >= 0.3 is 22.1 Å². The van der Waals surface area contributed by atoms with Crippen LogP contribution in [-0.2, 0) is 38.9 Å². The van der Waals surface area contributed by atoms with E-state index in [1.165, 1.54) is 11.1 Å². The van der Waals surface area contributed by atoms with E-state index in [9.17, 15) is 41.6 Å². The van der Waals surface area contributed by atoms with Crippen LogP contribution in [0, 0.1) is 17.0 Å². The number of nitrogens with one attached hydrogen (secondary N) is 4. The molecule has 5 atom stereocenters. The Labute approximate surface area is 520 Å². The Morgan fingerprint density at radius 3 is 2.22 bits per heavy atom. The number of nitrogens with zero attached hydrogens (tertiary/aromatic N) is 7. The van der Waals surface area contributed by atoms with Crippen LogP contribution < -0.4 is 20.3 Å². The summed E-state index contributed by atoms with van der Waals surface area (Å²) in [4.78, 5) is 101. The van der Waals surface area contributed by atoms with Crippen molar-refractivity contribution in [1.29, 1.82) is 0 Å². The number of carbonyl (C=O) groups excluding carboxylic acids is 5. The van der Waals surface area contributed by atoms with Crippen LogP contribution in [0.4, 0.5) is 24.5 Å². The molecule has 6 heterocycles. The second-order valence-corrected chi connectivity index (χ2v) is 26.6. The molecule has 5 aromatic rings. The number of ketones is 1. The molecule has 2 aromatic heterocycles. The number of alkyl halides is 1. The van der Waals surface area contributed by atoms with Crippen LogP contribution >= 0.6 is 11.8 Å². The summed E-state index contributed by atoms with van der Waals surface area (Å²) in [6.07, 6.45) is 3.41. The van der Waals surface area contributed by atoms with Gasteiger partial charge in [-0.2, -0.15) is 12.7 Å². The number of anilines is 2. The third kappa shape index (κ3) is 15.5. The molecule has 3 amide bonds. The van der Waals surface area contributed by atoms with Gasteiger partial charge in [-0.1, -0.05) is 57.2 Å². The van der Waals surface area contributed by atoms with Crippen molar-refractivity contribution in [3.8, 4) is 11.1 Å². The van der Waals surface area contributed by atoms with E-state index < -0.39 is 111 Å². The summed E-state index contributed by atoms with van der Waals surface area (Å²) in [5, 5.41) is 15.5. The molecule has 26 heteroatoms. The number of esters is 1. The number of halogens is 3. The minimum absolute atomic E-state index is 0.0169. The first-order valence-corrected chi connectivity index (χ1v) is 32.4. The maximum absolute atomic E-state index is 15.9. The Hall–Kier alpha value is -7.65. The molecule has 0 bridgehead atoms. The molecule has 0 unspecified atom stereocenters. The largest absolute Gasteiger partial charge is 0.481 e. The van der Waals surface area contributed by atoms with E-state index in [-0.39, 0.29) is 50.4 Å². The highest BCUT2D eigenvalue weighted by Gasteiger charge is 2.47. The molecule has 0 radical (unpaired) electrons. The van der Waals surface area contributed by atoms with E-state index in [1.54, 1.807) is 24.0 Å². The fourth-order valence-electron chi connectivity index (χ4n) is 12.0. The molecule has 0 aliphatic carbocycles. The van der Waals surface area contributed by atoms with E-state index >= 15 is 8.78 Å². The maximum atomic E-state index is 15.9. The normalized spacial score (nSPS) is 20.0. The predicted octanol–water partition coefficient (Wildman–Crippen LogP) is 7.56. The van der Waals surface area contributed by atoms with Gasteiger partial charge in [-0.25, -0.2) is 18.2 Å². The summed E-state index contributed by atoms with van der Waals surface area (Å²) in [6.45, 7) is 16.7.